The molecule has 2 N–H and O–H groups in total. The van der Waals surface area contributed by atoms with Crippen LogP contribution in [0.25, 0.3) is 0 Å². The first-order valence-electron chi connectivity index (χ1n) is 9.45. The molecule has 0 saturated heterocycles. The highest BCUT2D eigenvalue weighted by Crippen LogP contribution is 2.13. The predicted octanol–water partition coefficient (Wildman–Crippen LogP) is 2.46. The molecule has 1 atom stereocenters. The Kier molecular flexibility index (Phi) is 9.74. The molecular formula is C22H26N2O4S2. The molecule has 0 bridgehead atoms. The number of nitrogens with one attached hydrogen (secondary N) is 2. The Morgan fingerprint density at radius 2 is 1.87 bits per heavy atom. The number of hydrogen-bond acceptors (Lipinski definition) is 5. The summed E-state index contributed by atoms with van der Waals surface area (Å²) in [6, 6.07) is 14.7. The molecule has 2 aromatic carbocycles. The highest BCUT2D eigenvalue weighted by Gasteiger charge is 2.25. The molecule has 0 aliphatic carbocycles. The lowest BCUT2D eigenvalue weighted by Crippen LogP contribution is -2.47. The van der Waals surface area contributed by atoms with E-state index in [1.165, 1.54) is 12.1 Å². The number of rotatable bonds is 12. The summed E-state index contributed by atoms with van der Waals surface area (Å²) < 4.78 is 33.0. The van der Waals surface area contributed by atoms with Gasteiger partial charge in [0.15, 0.2) is 0 Å². The number of carbonyl (C=O) groups excluding carboxylic acids is 1. The summed E-state index contributed by atoms with van der Waals surface area (Å²) in [4.78, 5) is 12.8. The summed E-state index contributed by atoms with van der Waals surface area (Å²) in [5, 5.41) is 2.83. The first kappa shape index (κ1) is 23.8. The Bertz CT molecular complexity index is 939. The summed E-state index contributed by atoms with van der Waals surface area (Å²) in [7, 11) is -3.77. The number of terminal acetylenes is 1. The second kappa shape index (κ2) is 12.3. The minimum absolute atomic E-state index is 0.138. The van der Waals surface area contributed by atoms with Gasteiger partial charge < -0.3 is 10.1 Å². The minimum atomic E-state index is -3.77. The number of thioether (sulfide) groups is 1. The maximum absolute atomic E-state index is 12.6. The van der Waals surface area contributed by atoms with Gasteiger partial charge in [0.2, 0.25) is 15.9 Å². The summed E-state index contributed by atoms with van der Waals surface area (Å²) in [6.07, 6.45) is 8.10. The number of ether oxygens (including phenoxy) is 1. The third-order valence-electron chi connectivity index (χ3n) is 4.24. The maximum Gasteiger partial charge on any atom is 0.241 e. The van der Waals surface area contributed by atoms with Crippen LogP contribution in [0.3, 0.4) is 0 Å². The van der Waals surface area contributed by atoms with Gasteiger partial charge in [0.1, 0.15) is 18.4 Å². The molecule has 8 heteroatoms. The maximum atomic E-state index is 12.6. The van der Waals surface area contributed by atoms with Crippen LogP contribution in [0.1, 0.15) is 12.0 Å². The van der Waals surface area contributed by atoms with Crippen molar-refractivity contribution in [2.75, 3.05) is 25.2 Å². The molecule has 0 aliphatic rings. The molecule has 2 rings (SSSR count). The van der Waals surface area contributed by atoms with E-state index in [1.807, 2.05) is 30.5 Å². The fraction of sp³-hybridized carbons (Fsp3) is 0.318. The predicted molar refractivity (Wildman–Crippen MR) is 121 cm³/mol. The molecule has 0 heterocycles. The van der Waals surface area contributed by atoms with Crippen molar-refractivity contribution in [3.8, 4) is 18.1 Å². The molecule has 2 aromatic rings. The van der Waals surface area contributed by atoms with Crippen molar-refractivity contribution >= 4 is 27.7 Å². The van der Waals surface area contributed by atoms with Crippen LogP contribution in [0.2, 0.25) is 0 Å². The Labute approximate surface area is 182 Å². The molecule has 30 heavy (non-hydrogen) atoms. The molecule has 0 saturated carbocycles. The molecule has 6 nitrogen and oxygen atoms in total. The highest BCUT2D eigenvalue weighted by atomic mass is 32.2. The van der Waals surface area contributed by atoms with E-state index < -0.39 is 16.1 Å². The van der Waals surface area contributed by atoms with Crippen LogP contribution in [0.5, 0.6) is 5.75 Å². The molecule has 0 fully saturated rings. The molecule has 1 amide bonds. The van der Waals surface area contributed by atoms with E-state index in [0.717, 1.165) is 5.56 Å². The summed E-state index contributed by atoms with van der Waals surface area (Å²) >= 11 is 1.56. The Hall–Kier alpha value is -2.47. The van der Waals surface area contributed by atoms with E-state index in [-0.39, 0.29) is 17.4 Å². The van der Waals surface area contributed by atoms with E-state index in [9.17, 15) is 13.2 Å². The summed E-state index contributed by atoms with van der Waals surface area (Å²) in [5.74, 6) is 3.42. The lowest BCUT2D eigenvalue weighted by molar-refractivity contribution is -0.122. The lowest BCUT2D eigenvalue weighted by Gasteiger charge is -2.18. The largest absolute Gasteiger partial charge is 0.481 e. The number of hydrogen-bond donors (Lipinski definition) is 2. The zero-order valence-electron chi connectivity index (χ0n) is 16.8. The molecule has 0 spiro atoms. The summed E-state index contributed by atoms with van der Waals surface area (Å²) in [6.45, 7) is 0.609. The van der Waals surface area contributed by atoms with Gasteiger partial charge in [0, 0.05) is 6.54 Å². The van der Waals surface area contributed by atoms with Crippen molar-refractivity contribution < 1.29 is 17.9 Å². The average molecular weight is 447 g/mol. The van der Waals surface area contributed by atoms with Gasteiger partial charge in [-0.25, -0.2) is 8.42 Å². The van der Waals surface area contributed by atoms with Gasteiger partial charge in [0.05, 0.1) is 4.90 Å². The molecule has 0 aliphatic heterocycles. The van der Waals surface area contributed by atoms with Gasteiger partial charge in [-0.05, 0) is 54.7 Å². The zero-order valence-corrected chi connectivity index (χ0v) is 18.5. The third-order valence-corrected chi connectivity index (χ3v) is 6.37. The van der Waals surface area contributed by atoms with Crippen molar-refractivity contribution in [3.63, 3.8) is 0 Å². The van der Waals surface area contributed by atoms with Gasteiger partial charge in [-0.2, -0.15) is 16.5 Å². The van der Waals surface area contributed by atoms with Crippen LogP contribution in [0.15, 0.2) is 59.5 Å². The lowest BCUT2D eigenvalue weighted by atomic mass is 10.1. The quantitative estimate of drug-likeness (QED) is 0.489. The number of amides is 1. The van der Waals surface area contributed by atoms with Gasteiger partial charge in [-0.1, -0.05) is 36.3 Å². The van der Waals surface area contributed by atoms with E-state index in [1.54, 1.807) is 30.0 Å². The number of carbonyl (C=O) groups is 1. The van der Waals surface area contributed by atoms with Crippen molar-refractivity contribution in [2.45, 2.75) is 23.8 Å². The van der Waals surface area contributed by atoms with Gasteiger partial charge >= 0.3 is 0 Å². The smallest absolute Gasteiger partial charge is 0.241 e. The SMILES string of the molecule is C#CCOc1ccc(CCNC(=O)C(CCSC)NS(=O)(=O)c2ccccc2)cc1. The van der Waals surface area contributed by atoms with Gasteiger partial charge in [0.25, 0.3) is 0 Å². The third kappa shape index (κ3) is 7.75. The molecule has 1 unspecified atom stereocenters. The zero-order chi connectivity index (χ0) is 21.8. The first-order chi connectivity index (χ1) is 14.5. The molecule has 0 radical (unpaired) electrons. The Morgan fingerprint density at radius 3 is 2.50 bits per heavy atom. The number of benzene rings is 2. The standard InChI is InChI=1S/C22H26N2O4S2/c1-3-16-28-19-11-9-18(10-12-19)13-15-23-22(25)21(14-17-29-2)24-30(26,27)20-7-5-4-6-8-20/h1,4-12,21,24H,13-17H2,2H3,(H,23,25). The van der Waals surface area contributed by atoms with Crippen LogP contribution in [0.4, 0.5) is 0 Å². The average Bonchev–Trinajstić information content (AvgIpc) is 2.76. The van der Waals surface area contributed by atoms with Crippen molar-refractivity contribution in [1.82, 2.24) is 10.0 Å². The monoisotopic (exact) mass is 446 g/mol. The number of sulfonamides is 1. The van der Waals surface area contributed by atoms with Gasteiger partial charge in [-0.15, -0.1) is 6.42 Å². The van der Waals surface area contributed by atoms with E-state index in [0.29, 0.717) is 30.9 Å². The van der Waals surface area contributed by atoms with Crippen LogP contribution in [-0.4, -0.2) is 45.5 Å². The Balaban J connectivity index is 1.92. The van der Waals surface area contributed by atoms with E-state index in [4.69, 9.17) is 11.2 Å². The summed E-state index contributed by atoms with van der Waals surface area (Å²) in [5.41, 5.74) is 1.02. The highest BCUT2D eigenvalue weighted by molar-refractivity contribution is 7.98. The Morgan fingerprint density at radius 1 is 1.17 bits per heavy atom. The van der Waals surface area contributed by atoms with Gasteiger partial charge in [-0.3, -0.25) is 4.79 Å². The van der Waals surface area contributed by atoms with E-state index in [2.05, 4.69) is 16.0 Å². The second-order valence-electron chi connectivity index (χ2n) is 6.45. The van der Waals surface area contributed by atoms with Crippen molar-refractivity contribution in [1.29, 1.82) is 0 Å². The van der Waals surface area contributed by atoms with Crippen LogP contribution < -0.4 is 14.8 Å². The fourth-order valence-corrected chi connectivity index (χ4v) is 4.39. The fourth-order valence-electron chi connectivity index (χ4n) is 2.66. The van der Waals surface area contributed by atoms with Crippen LogP contribution in [0, 0.1) is 12.3 Å². The second-order valence-corrected chi connectivity index (χ2v) is 9.15. The minimum Gasteiger partial charge on any atom is -0.481 e. The molecular weight excluding hydrogens is 420 g/mol. The first-order valence-corrected chi connectivity index (χ1v) is 12.3. The molecule has 160 valence electrons. The normalized spacial score (nSPS) is 12.0. The van der Waals surface area contributed by atoms with Crippen molar-refractivity contribution in [3.05, 3.63) is 60.2 Å². The molecule has 0 aromatic heterocycles. The van der Waals surface area contributed by atoms with Crippen LogP contribution >= 0.6 is 11.8 Å². The van der Waals surface area contributed by atoms with Crippen LogP contribution in [-0.2, 0) is 21.2 Å². The van der Waals surface area contributed by atoms with E-state index >= 15 is 0 Å². The topological polar surface area (TPSA) is 84.5 Å². The van der Waals surface area contributed by atoms with Crippen molar-refractivity contribution in [2.24, 2.45) is 0 Å².